The Hall–Kier alpha value is -1.46. The van der Waals surface area contributed by atoms with E-state index in [4.69, 9.17) is 4.99 Å². The Labute approximate surface area is 201 Å². The molecule has 30 heavy (non-hydrogen) atoms. The van der Waals surface area contributed by atoms with E-state index in [1.165, 1.54) is 17.7 Å². The molecule has 2 aromatic rings. The molecule has 3 rings (SSSR count). The highest BCUT2D eigenvalue weighted by molar-refractivity contribution is 14.0. The molecule has 166 valence electrons. The van der Waals surface area contributed by atoms with Gasteiger partial charge in [0.05, 0.1) is 12.6 Å². The zero-order valence-corrected chi connectivity index (χ0v) is 21.2. The standard InChI is InChI=1S/C21H33N7S.HI/c1-4-20-26-25-16-28(20)12-9-22-21(23-14-17(2)3)24-15-18(19-8-7-13-29-19)27-10-5-6-11-27;/h7-8,13,16,18H,2,4-6,9-12,14-15H2,1,3H3,(H2,22,23,24);1H. The molecule has 0 aromatic carbocycles. The fourth-order valence-electron chi connectivity index (χ4n) is 3.54. The van der Waals surface area contributed by atoms with Crippen LogP contribution in [0.2, 0.25) is 0 Å². The summed E-state index contributed by atoms with van der Waals surface area (Å²) in [6.45, 7) is 13.5. The van der Waals surface area contributed by atoms with Crippen LogP contribution < -0.4 is 10.6 Å². The molecule has 1 atom stereocenters. The molecule has 1 aliphatic heterocycles. The van der Waals surface area contributed by atoms with Crippen molar-refractivity contribution in [3.8, 4) is 0 Å². The molecule has 0 radical (unpaired) electrons. The van der Waals surface area contributed by atoms with Crippen LogP contribution >= 0.6 is 35.3 Å². The molecule has 0 saturated carbocycles. The maximum absolute atomic E-state index is 4.94. The van der Waals surface area contributed by atoms with Crippen LogP contribution in [-0.2, 0) is 13.0 Å². The molecule has 1 saturated heterocycles. The second-order valence-electron chi connectivity index (χ2n) is 7.50. The third-order valence-corrected chi connectivity index (χ3v) is 6.06. The van der Waals surface area contributed by atoms with Crippen LogP contribution in [0.1, 0.15) is 43.4 Å². The van der Waals surface area contributed by atoms with Crippen LogP contribution in [0.4, 0.5) is 0 Å². The maximum atomic E-state index is 4.94. The minimum absolute atomic E-state index is 0. The lowest BCUT2D eigenvalue weighted by Crippen LogP contribution is -2.40. The quantitative estimate of drug-likeness (QED) is 0.208. The van der Waals surface area contributed by atoms with Gasteiger partial charge in [-0.1, -0.05) is 25.1 Å². The van der Waals surface area contributed by atoms with E-state index in [2.05, 4.69) is 61.3 Å². The molecular formula is C21H34IN7S. The molecule has 2 aromatic heterocycles. The summed E-state index contributed by atoms with van der Waals surface area (Å²) < 4.78 is 2.09. The number of halogens is 1. The Balaban J connectivity index is 0.00000320. The van der Waals surface area contributed by atoms with Crippen molar-refractivity contribution in [3.05, 3.63) is 46.7 Å². The summed E-state index contributed by atoms with van der Waals surface area (Å²) in [5.74, 6) is 1.84. The summed E-state index contributed by atoms with van der Waals surface area (Å²) in [6.07, 6.45) is 5.23. The number of hydrogen-bond acceptors (Lipinski definition) is 5. The number of hydrogen-bond donors (Lipinski definition) is 2. The number of nitrogens with one attached hydrogen (secondary N) is 2. The van der Waals surface area contributed by atoms with E-state index in [0.29, 0.717) is 12.6 Å². The summed E-state index contributed by atoms with van der Waals surface area (Å²) in [7, 11) is 0. The van der Waals surface area contributed by atoms with Crippen molar-refractivity contribution >= 4 is 41.3 Å². The van der Waals surface area contributed by atoms with Crippen LogP contribution in [-0.4, -0.2) is 58.3 Å². The van der Waals surface area contributed by atoms with Gasteiger partial charge in [-0.2, -0.15) is 0 Å². The van der Waals surface area contributed by atoms with Gasteiger partial charge in [0.2, 0.25) is 0 Å². The molecule has 0 aliphatic carbocycles. The molecule has 0 spiro atoms. The van der Waals surface area contributed by atoms with E-state index >= 15 is 0 Å². The highest BCUT2D eigenvalue weighted by atomic mass is 127. The number of thiophene rings is 1. The van der Waals surface area contributed by atoms with Crippen molar-refractivity contribution in [2.45, 2.75) is 45.7 Å². The van der Waals surface area contributed by atoms with Crippen molar-refractivity contribution in [2.75, 3.05) is 32.7 Å². The fourth-order valence-corrected chi connectivity index (χ4v) is 4.39. The average Bonchev–Trinajstić information content (AvgIpc) is 3.48. The van der Waals surface area contributed by atoms with Crippen LogP contribution in [0.25, 0.3) is 0 Å². The molecule has 3 heterocycles. The van der Waals surface area contributed by atoms with Crippen molar-refractivity contribution in [1.82, 2.24) is 30.3 Å². The van der Waals surface area contributed by atoms with Crippen molar-refractivity contribution < 1.29 is 0 Å². The Morgan fingerprint density at radius 1 is 1.33 bits per heavy atom. The predicted octanol–water partition coefficient (Wildman–Crippen LogP) is 3.47. The Morgan fingerprint density at radius 2 is 2.13 bits per heavy atom. The van der Waals surface area contributed by atoms with E-state index in [-0.39, 0.29) is 24.0 Å². The summed E-state index contributed by atoms with van der Waals surface area (Å²) in [5.41, 5.74) is 1.08. The van der Waals surface area contributed by atoms with Gasteiger partial charge in [-0.25, -0.2) is 0 Å². The fraction of sp³-hybridized carbons (Fsp3) is 0.571. The lowest BCUT2D eigenvalue weighted by Gasteiger charge is -2.25. The van der Waals surface area contributed by atoms with Gasteiger partial charge in [-0.05, 0) is 44.3 Å². The van der Waals surface area contributed by atoms with E-state index in [1.54, 1.807) is 6.33 Å². The van der Waals surface area contributed by atoms with E-state index in [0.717, 1.165) is 56.5 Å². The molecule has 9 heteroatoms. The predicted molar refractivity (Wildman–Crippen MR) is 136 cm³/mol. The first-order valence-corrected chi connectivity index (χ1v) is 11.4. The van der Waals surface area contributed by atoms with Crippen LogP contribution in [0.15, 0.2) is 41.0 Å². The number of rotatable bonds is 10. The first kappa shape index (κ1) is 24.8. The number of nitrogens with zero attached hydrogens (tertiary/aromatic N) is 5. The smallest absolute Gasteiger partial charge is 0.191 e. The summed E-state index contributed by atoms with van der Waals surface area (Å²) in [4.78, 5) is 8.90. The van der Waals surface area contributed by atoms with Gasteiger partial charge in [0.1, 0.15) is 12.2 Å². The monoisotopic (exact) mass is 543 g/mol. The number of aromatic nitrogens is 3. The van der Waals surface area contributed by atoms with E-state index in [9.17, 15) is 0 Å². The molecule has 1 aliphatic rings. The minimum Gasteiger partial charge on any atom is -0.355 e. The first-order chi connectivity index (χ1) is 14.2. The summed E-state index contributed by atoms with van der Waals surface area (Å²) >= 11 is 1.82. The largest absolute Gasteiger partial charge is 0.355 e. The van der Waals surface area contributed by atoms with Gasteiger partial charge in [0.15, 0.2) is 5.96 Å². The van der Waals surface area contributed by atoms with Crippen LogP contribution in [0.5, 0.6) is 0 Å². The molecular weight excluding hydrogens is 509 g/mol. The molecule has 7 nitrogen and oxygen atoms in total. The highest BCUT2D eigenvalue weighted by Crippen LogP contribution is 2.28. The van der Waals surface area contributed by atoms with Gasteiger partial charge >= 0.3 is 0 Å². The number of aliphatic imine (C=N–C) groups is 1. The van der Waals surface area contributed by atoms with Crippen molar-refractivity contribution in [2.24, 2.45) is 4.99 Å². The van der Waals surface area contributed by atoms with Crippen molar-refractivity contribution in [3.63, 3.8) is 0 Å². The average molecular weight is 544 g/mol. The second-order valence-corrected chi connectivity index (χ2v) is 8.47. The Kier molecular flexibility index (Phi) is 10.8. The summed E-state index contributed by atoms with van der Waals surface area (Å²) in [6, 6.07) is 4.72. The SMILES string of the molecule is C=C(C)CNC(=NCC(c1cccs1)N1CCCC1)NCCn1cnnc1CC.I. The van der Waals surface area contributed by atoms with Crippen molar-refractivity contribution in [1.29, 1.82) is 0 Å². The van der Waals surface area contributed by atoms with Gasteiger partial charge in [0.25, 0.3) is 0 Å². The van der Waals surface area contributed by atoms with Gasteiger partial charge in [-0.3, -0.25) is 9.89 Å². The lowest BCUT2D eigenvalue weighted by atomic mass is 10.2. The zero-order chi connectivity index (χ0) is 20.5. The topological polar surface area (TPSA) is 70.4 Å². The minimum atomic E-state index is 0. The molecule has 2 N–H and O–H groups in total. The van der Waals surface area contributed by atoms with Crippen LogP contribution in [0, 0.1) is 0 Å². The molecule has 1 fully saturated rings. The van der Waals surface area contributed by atoms with Gasteiger partial charge in [0, 0.05) is 30.9 Å². The number of likely N-dealkylation sites (tertiary alicyclic amines) is 1. The Morgan fingerprint density at radius 3 is 2.80 bits per heavy atom. The van der Waals surface area contributed by atoms with E-state index in [1.807, 2.05) is 18.3 Å². The van der Waals surface area contributed by atoms with Crippen LogP contribution in [0.3, 0.4) is 0 Å². The van der Waals surface area contributed by atoms with Gasteiger partial charge < -0.3 is 15.2 Å². The van der Waals surface area contributed by atoms with E-state index < -0.39 is 0 Å². The van der Waals surface area contributed by atoms with Gasteiger partial charge in [-0.15, -0.1) is 45.5 Å². The third-order valence-electron chi connectivity index (χ3n) is 5.09. The normalized spacial score (nSPS) is 15.6. The Bertz CT molecular complexity index is 781. The maximum Gasteiger partial charge on any atom is 0.191 e. The summed E-state index contributed by atoms with van der Waals surface area (Å²) in [5, 5.41) is 17.2. The number of aryl methyl sites for hydroxylation is 1. The second kappa shape index (κ2) is 13.1. The molecule has 1 unspecified atom stereocenters. The molecule has 0 amide bonds. The third kappa shape index (κ3) is 7.35. The first-order valence-electron chi connectivity index (χ1n) is 10.5. The zero-order valence-electron chi connectivity index (χ0n) is 18.0. The highest BCUT2D eigenvalue weighted by Gasteiger charge is 2.24. The lowest BCUT2D eigenvalue weighted by molar-refractivity contribution is 0.255. The molecule has 0 bridgehead atoms. The number of guanidine groups is 1.